The summed E-state index contributed by atoms with van der Waals surface area (Å²) in [7, 11) is 1.65. The van der Waals surface area contributed by atoms with Gasteiger partial charge in [0.2, 0.25) is 5.91 Å². The molecule has 1 heterocycles. The van der Waals surface area contributed by atoms with Crippen molar-refractivity contribution in [3.63, 3.8) is 0 Å². The summed E-state index contributed by atoms with van der Waals surface area (Å²) < 4.78 is 11.7. The largest absolute Gasteiger partial charge is 0.497 e. The fraction of sp³-hybridized carbons (Fsp3) is 0.480. The van der Waals surface area contributed by atoms with Crippen LogP contribution >= 0.6 is 35.8 Å². The Bertz CT molecular complexity index is 942. The minimum Gasteiger partial charge on any atom is -0.497 e. The van der Waals surface area contributed by atoms with E-state index in [2.05, 4.69) is 25.7 Å². The molecule has 0 spiro atoms. The zero-order chi connectivity index (χ0) is 23.3. The Morgan fingerprint density at radius 1 is 1.21 bits per heavy atom. The Kier molecular flexibility index (Phi) is 10.7. The van der Waals surface area contributed by atoms with Gasteiger partial charge in [-0.1, -0.05) is 30.3 Å². The van der Waals surface area contributed by atoms with E-state index in [4.69, 9.17) is 21.1 Å². The molecule has 1 amide bonds. The summed E-state index contributed by atoms with van der Waals surface area (Å²) in [5, 5.41) is 0.419. The van der Waals surface area contributed by atoms with Gasteiger partial charge in [0, 0.05) is 35.0 Å². The smallest absolute Gasteiger partial charge is 0.225 e. The third-order valence-corrected chi connectivity index (χ3v) is 7.07. The Hall–Kier alpha value is -1.60. The predicted octanol–water partition coefficient (Wildman–Crippen LogP) is 6.82. The summed E-state index contributed by atoms with van der Waals surface area (Å²) in [5.74, 6) is 1.49. The van der Waals surface area contributed by atoms with Crippen molar-refractivity contribution >= 4 is 47.4 Å². The van der Waals surface area contributed by atoms with E-state index < -0.39 is 0 Å². The molecule has 0 saturated carbocycles. The highest BCUT2D eigenvalue weighted by atomic mass is 35.5. The molecule has 0 aliphatic carbocycles. The van der Waals surface area contributed by atoms with Crippen LogP contribution in [0.1, 0.15) is 51.5 Å². The maximum absolute atomic E-state index is 12.6. The SMILES string of the molecule is CCCN(CCCOc1ccc(OC)cc1C1Sc2cc(Cl)ccc2N1C(C)=O)C(C)C.Cl. The molecule has 0 aromatic heterocycles. The minimum absolute atomic E-state index is 0. The number of halogens is 2. The number of carbonyl (C=O) groups excluding carboxylic acids is 1. The van der Waals surface area contributed by atoms with Gasteiger partial charge in [-0.3, -0.25) is 9.69 Å². The monoisotopic (exact) mass is 512 g/mol. The van der Waals surface area contributed by atoms with E-state index in [1.54, 1.807) is 30.7 Å². The molecule has 2 aromatic rings. The predicted molar refractivity (Wildman–Crippen MR) is 141 cm³/mol. The molecule has 0 saturated heterocycles. The van der Waals surface area contributed by atoms with Crippen LogP contribution in [-0.2, 0) is 4.79 Å². The summed E-state index contributed by atoms with van der Waals surface area (Å²) in [4.78, 5) is 17.9. The van der Waals surface area contributed by atoms with E-state index in [0.717, 1.165) is 53.6 Å². The number of benzene rings is 2. The Labute approximate surface area is 213 Å². The normalized spacial score (nSPS) is 14.9. The van der Waals surface area contributed by atoms with Crippen molar-refractivity contribution in [2.45, 2.75) is 56.8 Å². The van der Waals surface area contributed by atoms with E-state index in [9.17, 15) is 4.79 Å². The van der Waals surface area contributed by atoms with Gasteiger partial charge >= 0.3 is 0 Å². The second-order valence-corrected chi connectivity index (χ2v) is 9.77. The maximum atomic E-state index is 12.6. The van der Waals surface area contributed by atoms with Crippen LogP contribution < -0.4 is 14.4 Å². The highest BCUT2D eigenvalue weighted by Gasteiger charge is 2.36. The lowest BCUT2D eigenvalue weighted by Gasteiger charge is -2.27. The molecule has 8 heteroatoms. The van der Waals surface area contributed by atoms with E-state index >= 15 is 0 Å². The number of ether oxygens (including phenoxy) is 2. The number of nitrogens with zero attached hydrogens (tertiary/aromatic N) is 2. The van der Waals surface area contributed by atoms with Crippen molar-refractivity contribution in [2.24, 2.45) is 0 Å². The number of hydrogen-bond donors (Lipinski definition) is 0. The third kappa shape index (κ3) is 6.72. The van der Waals surface area contributed by atoms with Gasteiger partial charge in [0.15, 0.2) is 0 Å². The number of anilines is 1. The van der Waals surface area contributed by atoms with E-state index in [0.29, 0.717) is 17.7 Å². The molecule has 0 radical (unpaired) electrons. The van der Waals surface area contributed by atoms with Crippen molar-refractivity contribution in [3.8, 4) is 11.5 Å². The molecule has 3 rings (SSSR count). The zero-order valence-electron chi connectivity index (χ0n) is 20.0. The first kappa shape index (κ1) is 27.6. The van der Waals surface area contributed by atoms with Gasteiger partial charge in [-0.25, -0.2) is 0 Å². The van der Waals surface area contributed by atoms with Crippen molar-refractivity contribution in [1.29, 1.82) is 0 Å². The summed E-state index contributed by atoms with van der Waals surface area (Å²) in [6, 6.07) is 12.0. The molecule has 1 aliphatic rings. The van der Waals surface area contributed by atoms with Crippen LogP contribution in [0.25, 0.3) is 0 Å². The van der Waals surface area contributed by atoms with Crippen LogP contribution in [0.4, 0.5) is 5.69 Å². The zero-order valence-corrected chi connectivity index (χ0v) is 22.4. The maximum Gasteiger partial charge on any atom is 0.225 e. The third-order valence-electron chi connectivity index (χ3n) is 5.57. The number of methoxy groups -OCH3 is 1. The summed E-state index contributed by atoms with van der Waals surface area (Å²) in [6.45, 7) is 11.0. The molecule has 0 N–H and O–H groups in total. The standard InChI is InChI=1S/C25H33ClN2O3S.ClH/c1-6-12-27(17(2)3)13-7-14-31-23-11-9-20(30-5)16-21(23)25-28(18(4)29)22-10-8-19(26)15-24(22)32-25;/h8-11,15-17,25H,6-7,12-14H2,1-5H3;1H. The number of carbonyl (C=O) groups is 1. The minimum atomic E-state index is -0.238. The topological polar surface area (TPSA) is 42.0 Å². The van der Waals surface area contributed by atoms with Crippen LogP contribution in [0.2, 0.25) is 5.02 Å². The average Bonchev–Trinajstić information content (AvgIpc) is 3.14. The summed E-state index contributed by atoms with van der Waals surface area (Å²) in [6.07, 6.45) is 2.08. The van der Waals surface area contributed by atoms with Crippen LogP contribution in [0.3, 0.4) is 0 Å². The van der Waals surface area contributed by atoms with Crippen molar-refractivity contribution in [1.82, 2.24) is 4.90 Å². The quantitative estimate of drug-likeness (QED) is 0.326. The van der Waals surface area contributed by atoms with Gasteiger partial charge in [-0.05, 0) is 69.6 Å². The fourth-order valence-electron chi connectivity index (χ4n) is 3.96. The lowest BCUT2D eigenvalue weighted by Crippen LogP contribution is -2.33. The molecular weight excluding hydrogens is 479 g/mol. The van der Waals surface area contributed by atoms with Gasteiger partial charge in [-0.2, -0.15) is 0 Å². The molecule has 0 bridgehead atoms. The second-order valence-electron chi connectivity index (χ2n) is 8.21. The molecule has 0 fully saturated rings. The van der Waals surface area contributed by atoms with E-state index in [-0.39, 0.29) is 23.7 Å². The molecule has 5 nitrogen and oxygen atoms in total. The van der Waals surface area contributed by atoms with Gasteiger partial charge in [0.25, 0.3) is 0 Å². The molecule has 182 valence electrons. The molecular formula is C25H34Cl2N2O3S. The highest BCUT2D eigenvalue weighted by molar-refractivity contribution is 8.00. The van der Waals surface area contributed by atoms with Crippen LogP contribution in [0.5, 0.6) is 11.5 Å². The average molecular weight is 514 g/mol. The first-order valence-corrected chi connectivity index (χ1v) is 12.4. The molecule has 33 heavy (non-hydrogen) atoms. The fourth-order valence-corrected chi connectivity index (χ4v) is 5.60. The summed E-state index contributed by atoms with van der Waals surface area (Å²) in [5.41, 5.74) is 1.80. The number of fused-ring (bicyclic) bond motifs is 1. The number of rotatable bonds is 10. The summed E-state index contributed by atoms with van der Waals surface area (Å²) >= 11 is 7.82. The number of amides is 1. The van der Waals surface area contributed by atoms with Crippen LogP contribution in [0, 0.1) is 0 Å². The van der Waals surface area contributed by atoms with Crippen molar-refractivity contribution in [3.05, 3.63) is 47.0 Å². The number of hydrogen-bond acceptors (Lipinski definition) is 5. The molecule has 1 aliphatic heterocycles. The Morgan fingerprint density at radius 2 is 1.97 bits per heavy atom. The lowest BCUT2D eigenvalue weighted by molar-refractivity contribution is -0.116. The molecule has 1 unspecified atom stereocenters. The van der Waals surface area contributed by atoms with Crippen molar-refractivity contribution < 1.29 is 14.3 Å². The van der Waals surface area contributed by atoms with Gasteiger partial charge in [-0.15, -0.1) is 12.4 Å². The number of thioether (sulfide) groups is 1. The van der Waals surface area contributed by atoms with E-state index in [1.807, 2.05) is 36.4 Å². The first-order valence-electron chi connectivity index (χ1n) is 11.2. The van der Waals surface area contributed by atoms with Crippen LogP contribution in [0.15, 0.2) is 41.3 Å². The molecule has 2 aromatic carbocycles. The Morgan fingerprint density at radius 3 is 2.61 bits per heavy atom. The van der Waals surface area contributed by atoms with E-state index in [1.165, 1.54) is 0 Å². The Balaban J connectivity index is 0.00000385. The second kappa shape index (κ2) is 12.7. The van der Waals surface area contributed by atoms with Crippen LogP contribution in [-0.4, -0.2) is 43.7 Å². The lowest BCUT2D eigenvalue weighted by atomic mass is 10.1. The highest BCUT2D eigenvalue weighted by Crippen LogP contribution is 2.54. The van der Waals surface area contributed by atoms with Gasteiger partial charge < -0.3 is 14.4 Å². The molecule has 1 atom stereocenters. The first-order chi connectivity index (χ1) is 15.3. The van der Waals surface area contributed by atoms with Crippen molar-refractivity contribution in [2.75, 3.05) is 31.7 Å². The van der Waals surface area contributed by atoms with Gasteiger partial charge in [0.1, 0.15) is 16.9 Å². The van der Waals surface area contributed by atoms with Gasteiger partial charge in [0.05, 0.1) is 19.4 Å².